The van der Waals surface area contributed by atoms with Crippen LogP contribution >= 0.6 is 11.6 Å². The topological polar surface area (TPSA) is 88.5 Å². The second kappa shape index (κ2) is 10.2. The molecule has 2 aromatic rings. The summed E-state index contributed by atoms with van der Waals surface area (Å²) in [7, 11) is 1.65. The molecule has 1 aromatic heterocycles. The predicted molar refractivity (Wildman–Crippen MR) is 143 cm³/mol. The molecule has 5 rings (SSSR count). The monoisotopic (exact) mass is 524 g/mol. The van der Waals surface area contributed by atoms with E-state index in [-0.39, 0.29) is 12.0 Å². The first kappa shape index (κ1) is 25.4. The van der Waals surface area contributed by atoms with E-state index in [1.165, 1.54) is 0 Å². The van der Waals surface area contributed by atoms with Gasteiger partial charge in [0.15, 0.2) is 0 Å². The van der Waals surface area contributed by atoms with E-state index in [4.69, 9.17) is 25.8 Å². The molecule has 1 aromatic carbocycles. The molecule has 1 fully saturated rings. The molecule has 1 aliphatic carbocycles. The van der Waals surface area contributed by atoms with Crippen molar-refractivity contribution in [3.63, 3.8) is 0 Å². The van der Waals surface area contributed by atoms with Gasteiger partial charge >= 0.3 is 6.09 Å². The highest BCUT2D eigenvalue weighted by molar-refractivity contribution is 6.36. The first-order valence-electron chi connectivity index (χ1n) is 12.7. The number of allylic oxidation sites excluding steroid dienone is 1. The van der Waals surface area contributed by atoms with Crippen LogP contribution in [0.2, 0.25) is 0 Å². The molecule has 0 radical (unpaired) electrons. The van der Waals surface area contributed by atoms with Crippen molar-refractivity contribution < 1.29 is 19.0 Å². The fraction of sp³-hybridized carbons (Fsp3) is 0.464. The Morgan fingerprint density at radius 3 is 2.65 bits per heavy atom. The van der Waals surface area contributed by atoms with Gasteiger partial charge in [-0.3, -0.25) is 4.90 Å². The van der Waals surface area contributed by atoms with E-state index in [1.54, 1.807) is 18.2 Å². The zero-order valence-corrected chi connectivity index (χ0v) is 22.5. The summed E-state index contributed by atoms with van der Waals surface area (Å²) in [5.41, 5.74) is 2.14. The maximum absolute atomic E-state index is 13.3. The summed E-state index contributed by atoms with van der Waals surface area (Å²) in [5, 5.41) is 10.7. The van der Waals surface area contributed by atoms with Gasteiger partial charge in [0.05, 0.1) is 42.3 Å². The van der Waals surface area contributed by atoms with Gasteiger partial charge in [0, 0.05) is 23.2 Å². The minimum atomic E-state index is -0.618. The molecular weight excluding hydrogens is 492 g/mol. The third-order valence-corrected chi connectivity index (χ3v) is 7.25. The Balaban J connectivity index is 1.46. The van der Waals surface area contributed by atoms with Gasteiger partial charge < -0.3 is 19.2 Å². The van der Waals surface area contributed by atoms with Gasteiger partial charge in [-0.1, -0.05) is 17.7 Å². The van der Waals surface area contributed by atoms with Crippen molar-refractivity contribution in [2.75, 3.05) is 18.6 Å². The Kier molecular flexibility index (Phi) is 7.03. The third kappa shape index (κ3) is 5.39. The zero-order chi connectivity index (χ0) is 26.2. The molecule has 9 heteroatoms. The van der Waals surface area contributed by atoms with Crippen LogP contribution in [0.15, 0.2) is 45.6 Å². The third-order valence-electron chi connectivity index (χ3n) is 6.89. The van der Waals surface area contributed by atoms with Crippen LogP contribution in [-0.2, 0) is 11.3 Å². The Morgan fingerprint density at radius 2 is 1.92 bits per heavy atom. The van der Waals surface area contributed by atoms with Gasteiger partial charge in [-0.05, 0) is 76.2 Å². The van der Waals surface area contributed by atoms with Crippen molar-refractivity contribution >= 4 is 35.2 Å². The lowest BCUT2D eigenvalue weighted by atomic mass is 9.81. The lowest BCUT2D eigenvalue weighted by molar-refractivity contribution is 0.0584. The Labute approximate surface area is 221 Å². The number of carbonyl (C=O) groups is 1. The molecule has 8 nitrogen and oxygen atoms in total. The second-order valence-corrected chi connectivity index (χ2v) is 11.0. The quantitative estimate of drug-likeness (QED) is 0.580. The summed E-state index contributed by atoms with van der Waals surface area (Å²) >= 11 is 6.94. The summed E-state index contributed by atoms with van der Waals surface area (Å²) in [5.74, 6) is 1.82. The molecule has 0 atom stereocenters. The number of methoxy groups -OCH3 is 1. The molecule has 0 saturated heterocycles. The van der Waals surface area contributed by atoms with Gasteiger partial charge in [0.25, 0.3) is 0 Å². The fourth-order valence-electron chi connectivity index (χ4n) is 5.23. The second-order valence-electron chi connectivity index (χ2n) is 10.6. The fourth-order valence-corrected chi connectivity index (χ4v) is 5.55. The zero-order valence-electron chi connectivity index (χ0n) is 21.7. The number of fused-ring (bicyclic) bond motifs is 3. The van der Waals surface area contributed by atoms with Gasteiger partial charge in [-0.15, -0.1) is 0 Å². The number of H-pyrrole nitrogens is 1. The Morgan fingerprint density at radius 1 is 1.16 bits per heavy atom. The Hall–Kier alpha value is -3.26. The number of azo groups is 1. The summed E-state index contributed by atoms with van der Waals surface area (Å²) < 4.78 is 17.4. The van der Waals surface area contributed by atoms with E-state index < -0.39 is 11.7 Å². The van der Waals surface area contributed by atoms with Crippen molar-refractivity contribution in [3.8, 4) is 11.5 Å². The van der Waals surface area contributed by atoms with Crippen molar-refractivity contribution in [2.45, 2.75) is 64.7 Å². The lowest BCUT2D eigenvalue weighted by Crippen LogP contribution is -2.39. The first-order valence-corrected chi connectivity index (χ1v) is 13.1. The minimum absolute atomic E-state index is 0.123. The number of nitrogens with zero attached hydrogens (tertiary/aromatic N) is 3. The van der Waals surface area contributed by atoms with Crippen LogP contribution in [0.4, 0.5) is 10.5 Å². The highest BCUT2D eigenvalue weighted by Gasteiger charge is 2.33. The molecule has 2 aliphatic heterocycles. The lowest BCUT2D eigenvalue weighted by Gasteiger charge is -2.30. The average Bonchev–Trinajstić information content (AvgIpc) is 3.16. The molecule has 1 N–H and O–H groups in total. The molecule has 0 unspecified atom stereocenters. The van der Waals surface area contributed by atoms with E-state index in [0.29, 0.717) is 18.1 Å². The Bertz CT molecular complexity index is 1360. The van der Waals surface area contributed by atoms with Crippen LogP contribution < -0.4 is 25.1 Å². The number of rotatable bonds is 4. The summed E-state index contributed by atoms with van der Waals surface area (Å²) in [6.45, 7) is 6.31. The summed E-state index contributed by atoms with van der Waals surface area (Å²) in [6, 6.07) is 7.72. The minimum Gasteiger partial charge on any atom is -0.497 e. The maximum atomic E-state index is 13.3. The number of aromatic nitrogens is 1. The number of anilines is 1. The number of ether oxygens (including phenoxy) is 3. The highest BCUT2D eigenvalue weighted by atomic mass is 35.5. The average molecular weight is 525 g/mol. The van der Waals surface area contributed by atoms with Gasteiger partial charge in [-0.2, -0.15) is 10.2 Å². The van der Waals surface area contributed by atoms with Crippen LogP contribution in [0.1, 0.15) is 52.0 Å². The van der Waals surface area contributed by atoms with Crippen LogP contribution in [0.3, 0.4) is 0 Å². The standard InChI is InChI=1S/C28H33ClN4O4/c1-28(2,3)37-27(34)33-13-12-22(29)24(25-26(33)21-15-30-31-16-23(21)32-25)17-8-10-18(11-9-17)36-20-7-5-6-19(14-20)35-4/h5-7,12,14,16-18,32H,8-11,13,15H2,1-4H3. The number of aromatic amines is 1. The maximum Gasteiger partial charge on any atom is 0.415 e. The van der Waals surface area contributed by atoms with Crippen LogP contribution in [-0.4, -0.2) is 36.4 Å². The molecule has 37 heavy (non-hydrogen) atoms. The molecular formula is C28H33ClN4O4. The molecule has 3 heterocycles. The molecule has 196 valence electrons. The van der Waals surface area contributed by atoms with E-state index in [2.05, 4.69) is 15.2 Å². The molecule has 1 amide bonds. The SMILES string of the molecule is COc1cccc(OC2CCC(C3=c4[nH]c5c(c4N(C(=O)OC(C)(C)C)CC=C3Cl)CN=NC=5)CC2)c1. The van der Waals surface area contributed by atoms with E-state index in [9.17, 15) is 4.79 Å². The number of hydrogen-bond acceptors (Lipinski definition) is 6. The molecule has 1 saturated carbocycles. The van der Waals surface area contributed by atoms with Crippen LogP contribution in [0.5, 0.6) is 11.5 Å². The molecule has 0 spiro atoms. The number of nitrogens with one attached hydrogen (secondary N) is 1. The summed E-state index contributed by atoms with van der Waals surface area (Å²) in [4.78, 5) is 18.5. The largest absolute Gasteiger partial charge is 0.497 e. The number of benzene rings is 1. The number of halogens is 1. The van der Waals surface area contributed by atoms with Gasteiger partial charge in [0.1, 0.15) is 17.1 Å². The van der Waals surface area contributed by atoms with E-state index >= 15 is 0 Å². The smallest absolute Gasteiger partial charge is 0.415 e. The first-order chi connectivity index (χ1) is 17.7. The predicted octanol–water partition coefficient (Wildman–Crippen LogP) is 5.39. The number of amides is 1. The molecule has 3 aliphatic rings. The normalized spacial score (nSPS) is 21.3. The van der Waals surface area contributed by atoms with Crippen LogP contribution in [0, 0.1) is 5.92 Å². The van der Waals surface area contributed by atoms with E-state index in [0.717, 1.165) is 64.7 Å². The van der Waals surface area contributed by atoms with Gasteiger partial charge in [-0.25, -0.2) is 4.79 Å². The highest BCUT2D eigenvalue weighted by Crippen LogP contribution is 2.39. The van der Waals surface area contributed by atoms with Crippen molar-refractivity contribution in [1.82, 2.24) is 4.98 Å². The molecule has 0 bridgehead atoms. The van der Waals surface area contributed by atoms with Gasteiger partial charge in [0.2, 0.25) is 0 Å². The van der Waals surface area contributed by atoms with Crippen molar-refractivity contribution in [3.05, 3.63) is 51.6 Å². The van der Waals surface area contributed by atoms with Crippen molar-refractivity contribution in [2.24, 2.45) is 16.1 Å². The number of carbonyl (C=O) groups excluding carboxylic acids is 1. The summed E-state index contributed by atoms with van der Waals surface area (Å²) in [6.07, 6.45) is 6.97. The number of hydrogen-bond donors (Lipinski definition) is 1. The van der Waals surface area contributed by atoms with Crippen LogP contribution in [0.25, 0.3) is 11.8 Å². The van der Waals surface area contributed by atoms with E-state index in [1.807, 2.05) is 51.1 Å². The van der Waals surface area contributed by atoms with Crippen molar-refractivity contribution in [1.29, 1.82) is 0 Å².